The Balaban J connectivity index is 2.06. The minimum atomic E-state index is -4.17. The van der Waals surface area contributed by atoms with Gasteiger partial charge < -0.3 is 5.32 Å². The zero-order valence-electron chi connectivity index (χ0n) is 14.9. The molecule has 2 aromatic rings. The second-order valence-electron chi connectivity index (χ2n) is 6.54. The summed E-state index contributed by atoms with van der Waals surface area (Å²) in [6.45, 7) is -0.0227. The lowest BCUT2D eigenvalue weighted by Crippen LogP contribution is -2.48. The molecule has 1 N–H and O–H groups in total. The molecular formula is C19H19ClF2N2O3S. The van der Waals surface area contributed by atoms with Crippen molar-refractivity contribution in [3.05, 3.63) is 64.7 Å². The molecule has 2 aromatic carbocycles. The molecule has 1 atom stereocenters. The Labute approximate surface area is 167 Å². The van der Waals surface area contributed by atoms with Gasteiger partial charge in [-0.15, -0.1) is 0 Å². The van der Waals surface area contributed by atoms with Crippen LogP contribution in [0.25, 0.3) is 0 Å². The molecule has 1 aliphatic heterocycles. The number of nitrogens with zero attached hydrogens (tertiary/aromatic N) is 1. The molecule has 9 heteroatoms. The molecule has 0 radical (unpaired) electrons. The van der Waals surface area contributed by atoms with Crippen LogP contribution >= 0.6 is 11.6 Å². The van der Waals surface area contributed by atoms with E-state index < -0.39 is 40.2 Å². The van der Waals surface area contributed by atoms with E-state index in [-0.39, 0.29) is 16.9 Å². The third kappa shape index (κ3) is 4.51. The van der Waals surface area contributed by atoms with Gasteiger partial charge in [-0.25, -0.2) is 17.2 Å². The Morgan fingerprint density at radius 1 is 1.11 bits per heavy atom. The number of amides is 1. The van der Waals surface area contributed by atoms with E-state index in [9.17, 15) is 22.0 Å². The van der Waals surface area contributed by atoms with E-state index >= 15 is 0 Å². The lowest BCUT2D eigenvalue weighted by molar-refractivity contribution is -0.124. The summed E-state index contributed by atoms with van der Waals surface area (Å²) < 4.78 is 55.3. The minimum Gasteiger partial charge on any atom is -0.355 e. The highest BCUT2D eigenvalue weighted by molar-refractivity contribution is 7.89. The summed E-state index contributed by atoms with van der Waals surface area (Å²) in [6, 6.07) is 7.29. The van der Waals surface area contributed by atoms with E-state index in [4.69, 9.17) is 11.6 Å². The van der Waals surface area contributed by atoms with Crippen LogP contribution in [0, 0.1) is 11.6 Å². The third-order valence-electron chi connectivity index (χ3n) is 4.61. The van der Waals surface area contributed by atoms with Gasteiger partial charge in [0.15, 0.2) is 0 Å². The van der Waals surface area contributed by atoms with Gasteiger partial charge in [0.1, 0.15) is 17.7 Å². The highest BCUT2D eigenvalue weighted by atomic mass is 35.5. The monoisotopic (exact) mass is 428 g/mol. The molecule has 1 amide bonds. The summed E-state index contributed by atoms with van der Waals surface area (Å²) in [7, 11) is -4.17. The summed E-state index contributed by atoms with van der Waals surface area (Å²) in [5.74, 6) is -1.89. The Bertz CT molecular complexity index is 968. The van der Waals surface area contributed by atoms with Gasteiger partial charge in [-0.2, -0.15) is 4.31 Å². The molecule has 1 fully saturated rings. The fourth-order valence-corrected chi connectivity index (χ4v) is 4.86. The van der Waals surface area contributed by atoms with E-state index in [0.717, 1.165) is 22.5 Å². The van der Waals surface area contributed by atoms with Gasteiger partial charge in [0.05, 0.1) is 4.90 Å². The summed E-state index contributed by atoms with van der Waals surface area (Å²) in [4.78, 5) is 12.4. The Morgan fingerprint density at radius 3 is 2.54 bits per heavy atom. The summed E-state index contributed by atoms with van der Waals surface area (Å²) in [5, 5.41) is 3.04. The van der Waals surface area contributed by atoms with Crippen molar-refractivity contribution in [2.45, 2.75) is 36.7 Å². The average molecular weight is 429 g/mol. The first kappa shape index (κ1) is 20.7. The van der Waals surface area contributed by atoms with Gasteiger partial charge in [0.25, 0.3) is 0 Å². The van der Waals surface area contributed by atoms with Crippen molar-refractivity contribution in [2.75, 3.05) is 6.54 Å². The van der Waals surface area contributed by atoms with Crippen molar-refractivity contribution in [1.29, 1.82) is 0 Å². The maximum atomic E-state index is 14.2. The number of hydrogen-bond donors (Lipinski definition) is 1. The molecule has 1 heterocycles. The van der Waals surface area contributed by atoms with E-state index in [1.165, 1.54) is 24.3 Å². The first-order chi connectivity index (χ1) is 13.3. The van der Waals surface area contributed by atoms with Gasteiger partial charge in [-0.1, -0.05) is 11.6 Å². The largest absolute Gasteiger partial charge is 0.355 e. The van der Waals surface area contributed by atoms with Crippen LogP contribution in [0.5, 0.6) is 0 Å². The maximum absolute atomic E-state index is 14.2. The smallest absolute Gasteiger partial charge is 0.244 e. The van der Waals surface area contributed by atoms with E-state index in [2.05, 4.69) is 5.32 Å². The predicted molar refractivity (Wildman–Crippen MR) is 101 cm³/mol. The normalized spacial score (nSPS) is 18.0. The van der Waals surface area contributed by atoms with Gasteiger partial charge in [-0.3, -0.25) is 4.79 Å². The lowest BCUT2D eigenvalue weighted by Gasteiger charge is -2.29. The topological polar surface area (TPSA) is 66.5 Å². The van der Waals surface area contributed by atoms with Crippen LogP contribution in [0.15, 0.2) is 47.4 Å². The number of sulfonamides is 1. The van der Waals surface area contributed by atoms with Crippen LogP contribution in [0.1, 0.15) is 24.8 Å². The molecule has 0 aromatic heterocycles. The molecule has 0 unspecified atom stereocenters. The van der Waals surface area contributed by atoms with Gasteiger partial charge in [-0.05, 0) is 61.7 Å². The van der Waals surface area contributed by atoms with Gasteiger partial charge >= 0.3 is 0 Å². The van der Waals surface area contributed by atoms with E-state index in [1.54, 1.807) is 0 Å². The standard InChI is InChI=1S/C19H19ClF2N2O3S/c20-14-4-7-16(8-5-14)28(26,27)24(18-3-1-2-10-23-19(18)25)12-13-11-15(21)6-9-17(13)22/h4-9,11,18H,1-3,10,12H2,(H,23,25)/t18-/m1/s1. The van der Waals surface area contributed by atoms with Crippen LogP contribution in [-0.4, -0.2) is 31.2 Å². The highest BCUT2D eigenvalue weighted by Gasteiger charge is 2.37. The lowest BCUT2D eigenvalue weighted by atomic mass is 10.1. The number of hydrogen-bond acceptors (Lipinski definition) is 3. The molecule has 5 nitrogen and oxygen atoms in total. The molecule has 28 heavy (non-hydrogen) atoms. The van der Waals surface area contributed by atoms with Crippen LogP contribution in [-0.2, 0) is 21.4 Å². The van der Waals surface area contributed by atoms with Crippen LogP contribution in [0.4, 0.5) is 8.78 Å². The number of benzene rings is 2. The number of halogens is 3. The fraction of sp³-hybridized carbons (Fsp3) is 0.316. The second kappa shape index (κ2) is 8.55. The van der Waals surface area contributed by atoms with E-state index in [0.29, 0.717) is 24.4 Å². The Kier molecular flexibility index (Phi) is 6.32. The number of rotatable bonds is 5. The number of carbonyl (C=O) groups excluding carboxylic acids is 1. The quantitative estimate of drug-likeness (QED) is 0.792. The zero-order chi connectivity index (χ0) is 20.3. The molecule has 150 valence electrons. The van der Waals surface area contributed by atoms with Crippen LogP contribution in [0.2, 0.25) is 5.02 Å². The SMILES string of the molecule is O=C1NCCCC[C@H]1N(Cc1cc(F)ccc1F)S(=O)(=O)c1ccc(Cl)cc1. The second-order valence-corrected chi connectivity index (χ2v) is 8.87. The number of carbonyl (C=O) groups is 1. The average Bonchev–Trinajstić information content (AvgIpc) is 2.87. The van der Waals surface area contributed by atoms with Crippen molar-refractivity contribution in [3.63, 3.8) is 0 Å². The molecular weight excluding hydrogens is 410 g/mol. The molecule has 0 saturated carbocycles. The predicted octanol–water partition coefficient (Wildman–Crippen LogP) is 3.48. The summed E-state index contributed by atoms with van der Waals surface area (Å²) >= 11 is 5.84. The molecule has 0 spiro atoms. The molecule has 3 rings (SSSR count). The van der Waals surface area contributed by atoms with Crippen molar-refractivity contribution in [3.8, 4) is 0 Å². The van der Waals surface area contributed by atoms with Crippen molar-refractivity contribution in [1.82, 2.24) is 9.62 Å². The van der Waals surface area contributed by atoms with Crippen molar-refractivity contribution < 1.29 is 22.0 Å². The third-order valence-corrected chi connectivity index (χ3v) is 6.73. The van der Waals surface area contributed by atoms with Gasteiger partial charge in [0.2, 0.25) is 15.9 Å². The van der Waals surface area contributed by atoms with Crippen LogP contribution < -0.4 is 5.32 Å². The Hall–Kier alpha value is -2.03. The molecule has 1 saturated heterocycles. The first-order valence-corrected chi connectivity index (χ1v) is 10.6. The first-order valence-electron chi connectivity index (χ1n) is 8.78. The van der Waals surface area contributed by atoms with E-state index in [1.807, 2.05) is 0 Å². The summed E-state index contributed by atoms with van der Waals surface area (Å²) in [5.41, 5.74) is -0.144. The van der Waals surface area contributed by atoms with Crippen molar-refractivity contribution >= 4 is 27.5 Å². The Morgan fingerprint density at radius 2 is 1.82 bits per heavy atom. The zero-order valence-corrected chi connectivity index (χ0v) is 16.4. The molecule has 1 aliphatic rings. The van der Waals surface area contributed by atoms with Crippen LogP contribution in [0.3, 0.4) is 0 Å². The molecule has 0 aliphatic carbocycles. The molecule has 0 bridgehead atoms. The fourth-order valence-electron chi connectivity index (χ4n) is 3.13. The van der Waals surface area contributed by atoms with Gasteiger partial charge in [0, 0.05) is 23.7 Å². The maximum Gasteiger partial charge on any atom is 0.244 e. The number of nitrogens with one attached hydrogen (secondary N) is 1. The minimum absolute atomic E-state index is 0.0780. The van der Waals surface area contributed by atoms with Crippen molar-refractivity contribution in [2.24, 2.45) is 0 Å². The highest BCUT2D eigenvalue weighted by Crippen LogP contribution is 2.26. The summed E-state index contributed by atoms with van der Waals surface area (Å²) in [6.07, 6.45) is 1.63.